The summed E-state index contributed by atoms with van der Waals surface area (Å²) >= 11 is 0. The fraction of sp³-hybridized carbons (Fsp3) is 0.300. The minimum atomic E-state index is -0.676. The first-order valence-corrected chi connectivity index (χ1v) is 8.70. The summed E-state index contributed by atoms with van der Waals surface area (Å²) < 4.78 is 11.1. The van der Waals surface area contributed by atoms with Crippen LogP contribution in [0.3, 0.4) is 0 Å². The van der Waals surface area contributed by atoms with Gasteiger partial charge in [0.1, 0.15) is 19.1 Å². The first kappa shape index (κ1) is 16.4. The van der Waals surface area contributed by atoms with E-state index in [1.165, 1.54) is 0 Å². The third-order valence-corrected chi connectivity index (χ3v) is 4.68. The maximum Gasteiger partial charge on any atom is 0.239 e. The molecule has 0 spiro atoms. The lowest BCUT2D eigenvalue weighted by molar-refractivity contribution is -0.129. The van der Waals surface area contributed by atoms with Crippen molar-refractivity contribution in [1.29, 1.82) is 0 Å². The maximum atomic E-state index is 12.8. The predicted octanol–water partition coefficient (Wildman–Crippen LogP) is 2.76. The Labute approximate surface area is 151 Å². The van der Waals surface area contributed by atoms with Gasteiger partial charge in [-0.3, -0.25) is 9.59 Å². The van der Waals surface area contributed by atoms with Gasteiger partial charge in [0.25, 0.3) is 0 Å². The maximum absolute atomic E-state index is 12.8. The summed E-state index contributed by atoms with van der Waals surface area (Å²) in [5, 5.41) is 2.83. The van der Waals surface area contributed by atoms with Crippen LogP contribution < -0.4 is 19.7 Å². The molecule has 6 heteroatoms. The molecule has 0 saturated carbocycles. The zero-order chi connectivity index (χ0) is 18.1. The van der Waals surface area contributed by atoms with E-state index in [9.17, 15) is 9.59 Å². The summed E-state index contributed by atoms with van der Waals surface area (Å²) in [6.45, 7) is 3.50. The van der Waals surface area contributed by atoms with E-state index in [0.717, 1.165) is 11.3 Å². The Bertz CT molecular complexity index is 847. The standard InChI is InChI=1S/C20H20N2O4/c1-13-2-4-14(5-3-13)21-19(23)16-8-9-22(20(16)24)15-6-7-17-18(12-15)26-11-10-25-17/h2-7,12,16H,8-11H2,1H3,(H,21,23)/t16-/m1/s1. The van der Waals surface area contributed by atoms with Crippen LogP contribution in [-0.4, -0.2) is 31.6 Å². The van der Waals surface area contributed by atoms with Crippen LogP contribution in [0.25, 0.3) is 0 Å². The van der Waals surface area contributed by atoms with Crippen LogP contribution in [0.1, 0.15) is 12.0 Å². The summed E-state index contributed by atoms with van der Waals surface area (Å²) in [7, 11) is 0. The molecule has 0 bridgehead atoms. The largest absolute Gasteiger partial charge is 0.486 e. The second-order valence-electron chi connectivity index (χ2n) is 6.51. The number of benzene rings is 2. The van der Waals surface area contributed by atoms with Crippen LogP contribution in [0, 0.1) is 12.8 Å². The van der Waals surface area contributed by atoms with Gasteiger partial charge >= 0.3 is 0 Å². The number of amides is 2. The molecule has 0 aliphatic carbocycles. The third-order valence-electron chi connectivity index (χ3n) is 4.68. The zero-order valence-electron chi connectivity index (χ0n) is 14.5. The van der Waals surface area contributed by atoms with E-state index in [-0.39, 0.29) is 11.8 Å². The second-order valence-corrected chi connectivity index (χ2v) is 6.51. The summed E-state index contributed by atoms with van der Waals surface area (Å²) in [4.78, 5) is 26.9. The molecule has 2 aromatic carbocycles. The van der Waals surface area contributed by atoms with E-state index in [2.05, 4.69) is 5.32 Å². The Morgan fingerprint density at radius 1 is 1.08 bits per heavy atom. The van der Waals surface area contributed by atoms with Crippen molar-refractivity contribution in [3.05, 3.63) is 48.0 Å². The SMILES string of the molecule is Cc1ccc(NC(=O)[C@H]2CCN(c3ccc4c(c3)OCCO4)C2=O)cc1. The first-order chi connectivity index (χ1) is 12.6. The first-order valence-electron chi connectivity index (χ1n) is 8.70. The Hall–Kier alpha value is -3.02. The quantitative estimate of drug-likeness (QED) is 0.863. The Kier molecular flexibility index (Phi) is 4.24. The van der Waals surface area contributed by atoms with Gasteiger partial charge in [0.15, 0.2) is 11.5 Å². The number of carbonyl (C=O) groups is 2. The second kappa shape index (κ2) is 6.71. The van der Waals surface area contributed by atoms with E-state index in [4.69, 9.17) is 9.47 Å². The van der Waals surface area contributed by atoms with Crippen molar-refractivity contribution < 1.29 is 19.1 Å². The number of anilines is 2. The lowest BCUT2D eigenvalue weighted by Crippen LogP contribution is -2.33. The molecule has 0 unspecified atom stereocenters. The number of ether oxygens (including phenoxy) is 2. The molecule has 1 fully saturated rings. The topological polar surface area (TPSA) is 67.9 Å². The highest BCUT2D eigenvalue weighted by atomic mass is 16.6. The van der Waals surface area contributed by atoms with E-state index in [0.29, 0.717) is 43.4 Å². The number of nitrogens with one attached hydrogen (secondary N) is 1. The van der Waals surface area contributed by atoms with Crippen LogP contribution in [0.4, 0.5) is 11.4 Å². The minimum Gasteiger partial charge on any atom is -0.486 e. The highest BCUT2D eigenvalue weighted by molar-refractivity contribution is 6.13. The molecule has 0 radical (unpaired) electrons. The van der Waals surface area contributed by atoms with Crippen molar-refractivity contribution >= 4 is 23.2 Å². The molecule has 26 heavy (non-hydrogen) atoms. The molecule has 0 aromatic heterocycles. The van der Waals surface area contributed by atoms with Crippen LogP contribution in [0.5, 0.6) is 11.5 Å². The molecule has 134 valence electrons. The van der Waals surface area contributed by atoms with E-state index < -0.39 is 5.92 Å². The summed E-state index contributed by atoms with van der Waals surface area (Å²) in [5.41, 5.74) is 2.54. The summed E-state index contributed by atoms with van der Waals surface area (Å²) in [6, 6.07) is 13.0. The zero-order valence-corrected chi connectivity index (χ0v) is 14.5. The van der Waals surface area contributed by atoms with Crippen LogP contribution in [-0.2, 0) is 9.59 Å². The Morgan fingerprint density at radius 2 is 1.81 bits per heavy atom. The monoisotopic (exact) mass is 352 g/mol. The van der Waals surface area contributed by atoms with Crippen molar-refractivity contribution in [2.24, 2.45) is 5.92 Å². The predicted molar refractivity (Wildman–Crippen MR) is 97.7 cm³/mol. The van der Waals surface area contributed by atoms with Gasteiger partial charge in [-0.25, -0.2) is 0 Å². The van der Waals surface area contributed by atoms with Gasteiger partial charge in [0, 0.05) is 24.0 Å². The van der Waals surface area contributed by atoms with E-state index in [1.807, 2.05) is 37.3 Å². The number of hydrogen-bond donors (Lipinski definition) is 1. The van der Waals surface area contributed by atoms with Gasteiger partial charge in [-0.2, -0.15) is 0 Å². The van der Waals surface area contributed by atoms with Crippen molar-refractivity contribution in [3.63, 3.8) is 0 Å². The number of carbonyl (C=O) groups excluding carboxylic acids is 2. The average molecular weight is 352 g/mol. The Balaban J connectivity index is 1.47. The molecule has 2 amide bonds. The highest BCUT2D eigenvalue weighted by Crippen LogP contribution is 2.36. The average Bonchev–Trinajstić information content (AvgIpc) is 3.05. The van der Waals surface area contributed by atoms with Gasteiger partial charge in [0.2, 0.25) is 11.8 Å². The van der Waals surface area contributed by atoms with Crippen LogP contribution in [0.2, 0.25) is 0 Å². The molecular formula is C20H20N2O4. The lowest BCUT2D eigenvalue weighted by atomic mass is 10.1. The number of rotatable bonds is 3. The molecule has 1 atom stereocenters. The van der Waals surface area contributed by atoms with Gasteiger partial charge in [0.05, 0.1) is 0 Å². The Morgan fingerprint density at radius 3 is 2.58 bits per heavy atom. The molecule has 2 heterocycles. The van der Waals surface area contributed by atoms with Gasteiger partial charge in [-0.1, -0.05) is 17.7 Å². The third kappa shape index (κ3) is 3.10. The molecule has 4 rings (SSSR count). The molecule has 2 aliphatic heterocycles. The summed E-state index contributed by atoms with van der Waals surface area (Å²) in [5.74, 6) is 0.184. The van der Waals surface area contributed by atoms with Crippen molar-refractivity contribution in [3.8, 4) is 11.5 Å². The van der Waals surface area contributed by atoms with Gasteiger partial charge in [-0.15, -0.1) is 0 Å². The smallest absolute Gasteiger partial charge is 0.239 e. The van der Waals surface area contributed by atoms with Crippen LogP contribution in [0.15, 0.2) is 42.5 Å². The van der Waals surface area contributed by atoms with Gasteiger partial charge in [-0.05, 0) is 37.6 Å². The molecule has 6 nitrogen and oxygen atoms in total. The van der Waals surface area contributed by atoms with Crippen molar-refractivity contribution in [2.75, 3.05) is 30.0 Å². The van der Waals surface area contributed by atoms with Crippen molar-refractivity contribution in [1.82, 2.24) is 0 Å². The molecule has 1 N–H and O–H groups in total. The van der Waals surface area contributed by atoms with Crippen LogP contribution >= 0.6 is 0 Å². The van der Waals surface area contributed by atoms with Crippen molar-refractivity contribution in [2.45, 2.75) is 13.3 Å². The highest BCUT2D eigenvalue weighted by Gasteiger charge is 2.38. The molecular weight excluding hydrogens is 332 g/mol. The van der Waals surface area contributed by atoms with E-state index >= 15 is 0 Å². The van der Waals surface area contributed by atoms with E-state index in [1.54, 1.807) is 17.0 Å². The van der Waals surface area contributed by atoms with Gasteiger partial charge < -0.3 is 19.7 Å². The minimum absolute atomic E-state index is 0.189. The molecule has 2 aromatic rings. The number of hydrogen-bond acceptors (Lipinski definition) is 4. The molecule has 2 aliphatic rings. The fourth-order valence-electron chi connectivity index (χ4n) is 3.25. The molecule has 1 saturated heterocycles. The lowest BCUT2D eigenvalue weighted by Gasteiger charge is -2.22. The normalized spacial score (nSPS) is 18.7. The summed E-state index contributed by atoms with van der Waals surface area (Å²) in [6.07, 6.45) is 0.491. The number of fused-ring (bicyclic) bond motifs is 1. The number of aryl methyl sites for hydroxylation is 1. The number of nitrogens with zero attached hydrogens (tertiary/aromatic N) is 1. The fourth-order valence-corrected chi connectivity index (χ4v) is 3.25.